The molecule has 12 nitrogen and oxygen atoms in total. The lowest BCUT2D eigenvalue weighted by atomic mass is 10.2. The molecular formula is C29H48N4O8. The van der Waals surface area contributed by atoms with Crippen LogP contribution in [0.3, 0.4) is 0 Å². The zero-order chi connectivity index (χ0) is 30.9. The van der Waals surface area contributed by atoms with Crippen molar-refractivity contribution >= 4 is 24.2 Å². The SMILES string of the molecule is CC(C)(C)OC(=O)NCCCN(CCCCNC(=O)C(CCO)NC(=O)OCc1ccccc1)C(=O)OC(C)(C)C. The van der Waals surface area contributed by atoms with Gasteiger partial charge in [0.1, 0.15) is 23.9 Å². The van der Waals surface area contributed by atoms with E-state index in [1.54, 1.807) is 46.4 Å². The first-order valence-corrected chi connectivity index (χ1v) is 14.0. The quantitative estimate of drug-likeness (QED) is 0.181. The fraction of sp³-hybridized carbons (Fsp3) is 0.655. The predicted molar refractivity (Wildman–Crippen MR) is 154 cm³/mol. The number of nitrogens with zero attached hydrogens (tertiary/aromatic N) is 1. The maximum absolute atomic E-state index is 12.7. The van der Waals surface area contributed by atoms with Gasteiger partial charge in [0, 0.05) is 32.8 Å². The fourth-order valence-electron chi connectivity index (χ4n) is 3.46. The summed E-state index contributed by atoms with van der Waals surface area (Å²) >= 11 is 0. The molecule has 0 aliphatic carbocycles. The Balaban J connectivity index is 2.48. The van der Waals surface area contributed by atoms with E-state index in [1.165, 1.54) is 0 Å². The molecule has 0 aromatic heterocycles. The number of nitrogens with one attached hydrogen (secondary N) is 3. The number of hydrogen-bond donors (Lipinski definition) is 4. The van der Waals surface area contributed by atoms with Gasteiger partial charge < -0.3 is 40.2 Å². The van der Waals surface area contributed by atoms with E-state index in [1.807, 2.05) is 30.3 Å². The fourth-order valence-corrected chi connectivity index (χ4v) is 3.46. The molecule has 0 aliphatic heterocycles. The maximum Gasteiger partial charge on any atom is 0.410 e. The lowest BCUT2D eigenvalue weighted by Crippen LogP contribution is -2.47. The van der Waals surface area contributed by atoms with Crippen LogP contribution >= 0.6 is 0 Å². The van der Waals surface area contributed by atoms with Gasteiger partial charge in [-0.25, -0.2) is 14.4 Å². The van der Waals surface area contributed by atoms with Crippen LogP contribution in [0.5, 0.6) is 0 Å². The highest BCUT2D eigenvalue weighted by atomic mass is 16.6. The standard InChI is InChI=1S/C29H48N4O8/c1-28(2,3)40-25(36)31-17-12-19-33(27(38)41-29(4,5)6)18-11-10-16-30-24(35)23(15-20-34)32-26(37)39-21-22-13-8-7-9-14-22/h7-9,13-14,23,34H,10-12,15-21H2,1-6H3,(H,30,35)(H,31,36)(H,32,37). The Hall–Kier alpha value is -3.54. The number of amides is 4. The molecular weight excluding hydrogens is 532 g/mol. The molecule has 4 amide bonds. The zero-order valence-electron chi connectivity index (χ0n) is 25.3. The van der Waals surface area contributed by atoms with Crippen molar-refractivity contribution < 1.29 is 38.5 Å². The van der Waals surface area contributed by atoms with Crippen LogP contribution in [-0.2, 0) is 25.6 Å². The highest BCUT2D eigenvalue weighted by molar-refractivity contribution is 5.85. The lowest BCUT2D eigenvalue weighted by molar-refractivity contribution is -0.123. The third-order valence-electron chi connectivity index (χ3n) is 5.32. The lowest BCUT2D eigenvalue weighted by Gasteiger charge is -2.27. The number of rotatable bonds is 15. The van der Waals surface area contributed by atoms with Gasteiger partial charge in [-0.05, 0) is 72.8 Å². The zero-order valence-corrected chi connectivity index (χ0v) is 25.3. The molecule has 1 rings (SSSR count). The van der Waals surface area contributed by atoms with Crippen molar-refractivity contribution in [3.63, 3.8) is 0 Å². The number of alkyl carbamates (subject to hydrolysis) is 2. The molecule has 41 heavy (non-hydrogen) atoms. The van der Waals surface area contributed by atoms with Crippen LogP contribution in [0.2, 0.25) is 0 Å². The number of hydrogen-bond acceptors (Lipinski definition) is 8. The summed E-state index contributed by atoms with van der Waals surface area (Å²) in [6, 6.07) is 8.20. The van der Waals surface area contributed by atoms with E-state index in [0.717, 1.165) is 5.56 Å². The number of carbonyl (C=O) groups is 4. The molecule has 232 valence electrons. The van der Waals surface area contributed by atoms with Gasteiger partial charge in [0.05, 0.1) is 0 Å². The second kappa shape index (κ2) is 18.0. The molecule has 12 heteroatoms. The molecule has 0 fully saturated rings. The Labute approximate surface area is 243 Å². The molecule has 0 spiro atoms. The molecule has 1 aromatic rings. The largest absolute Gasteiger partial charge is 0.445 e. The molecule has 0 aliphatic rings. The van der Waals surface area contributed by atoms with E-state index in [2.05, 4.69) is 16.0 Å². The minimum Gasteiger partial charge on any atom is -0.445 e. The highest BCUT2D eigenvalue weighted by Gasteiger charge is 2.23. The molecule has 1 atom stereocenters. The van der Waals surface area contributed by atoms with Gasteiger partial charge >= 0.3 is 18.3 Å². The van der Waals surface area contributed by atoms with Gasteiger partial charge in [0.15, 0.2) is 0 Å². The van der Waals surface area contributed by atoms with E-state index >= 15 is 0 Å². The van der Waals surface area contributed by atoms with E-state index in [4.69, 9.17) is 14.2 Å². The average Bonchev–Trinajstić information content (AvgIpc) is 2.86. The van der Waals surface area contributed by atoms with Crippen molar-refractivity contribution in [1.29, 1.82) is 0 Å². The molecule has 1 unspecified atom stereocenters. The second-order valence-corrected chi connectivity index (χ2v) is 11.5. The molecule has 0 radical (unpaired) electrons. The van der Waals surface area contributed by atoms with Gasteiger partial charge in [0.25, 0.3) is 0 Å². The number of benzene rings is 1. The summed E-state index contributed by atoms with van der Waals surface area (Å²) in [7, 11) is 0. The summed E-state index contributed by atoms with van der Waals surface area (Å²) in [5, 5.41) is 17.2. The average molecular weight is 581 g/mol. The van der Waals surface area contributed by atoms with Gasteiger partial charge in [-0.15, -0.1) is 0 Å². The minimum absolute atomic E-state index is 0.0377. The number of ether oxygens (including phenoxy) is 3. The summed E-state index contributed by atoms with van der Waals surface area (Å²) < 4.78 is 15.9. The van der Waals surface area contributed by atoms with Crippen LogP contribution in [-0.4, -0.2) is 84.2 Å². The van der Waals surface area contributed by atoms with Crippen LogP contribution in [0.25, 0.3) is 0 Å². The van der Waals surface area contributed by atoms with Crippen LogP contribution in [0.1, 0.15) is 72.8 Å². The Morgan fingerprint density at radius 1 is 0.829 bits per heavy atom. The summed E-state index contributed by atoms with van der Waals surface area (Å²) in [5.41, 5.74) is -0.442. The Kier molecular flexibility index (Phi) is 15.6. The first kappa shape index (κ1) is 35.5. The van der Waals surface area contributed by atoms with E-state index in [-0.39, 0.29) is 19.6 Å². The predicted octanol–water partition coefficient (Wildman–Crippen LogP) is 3.71. The van der Waals surface area contributed by atoms with Crippen molar-refractivity contribution in [2.24, 2.45) is 0 Å². The smallest absolute Gasteiger partial charge is 0.410 e. The van der Waals surface area contributed by atoms with Gasteiger partial charge in [-0.3, -0.25) is 4.79 Å². The van der Waals surface area contributed by atoms with Crippen LogP contribution < -0.4 is 16.0 Å². The molecule has 0 saturated heterocycles. The van der Waals surface area contributed by atoms with Gasteiger partial charge in [0.2, 0.25) is 5.91 Å². The summed E-state index contributed by atoms with van der Waals surface area (Å²) in [6.45, 7) is 11.9. The molecule has 0 bridgehead atoms. The van der Waals surface area contributed by atoms with Crippen LogP contribution in [0.4, 0.5) is 14.4 Å². The van der Waals surface area contributed by atoms with Gasteiger partial charge in [-0.2, -0.15) is 0 Å². The molecule has 1 aromatic carbocycles. The first-order valence-electron chi connectivity index (χ1n) is 14.0. The molecule has 0 heterocycles. The van der Waals surface area contributed by atoms with Crippen LogP contribution in [0, 0.1) is 0 Å². The number of carbonyl (C=O) groups excluding carboxylic acids is 4. The van der Waals surface area contributed by atoms with E-state index in [9.17, 15) is 24.3 Å². The number of aliphatic hydroxyl groups excluding tert-OH is 1. The maximum atomic E-state index is 12.7. The van der Waals surface area contributed by atoms with Crippen molar-refractivity contribution in [1.82, 2.24) is 20.9 Å². The molecule has 4 N–H and O–H groups in total. The van der Waals surface area contributed by atoms with Crippen LogP contribution in [0.15, 0.2) is 30.3 Å². The van der Waals surface area contributed by atoms with Crippen molar-refractivity contribution in [3.05, 3.63) is 35.9 Å². The van der Waals surface area contributed by atoms with E-state index in [0.29, 0.717) is 45.4 Å². The number of aliphatic hydroxyl groups is 1. The van der Waals surface area contributed by atoms with Gasteiger partial charge in [-0.1, -0.05) is 30.3 Å². The monoisotopic (exact) mass is 580 g/mol. The highest BCUT2D eigenvalue weighted by Crippen LogP contribution is 2.11. The van der Waals surface area contributed by atoms with Crippen molar-refractivity contribution in [2.75, 3.05) is 32.8 Å². The van der Waals surface area contributed by atoms with Crippen molar-refractivity contribution in [2.45, 2.75) is 91.1 Å². The third-order valence-corrected chi connectivity index (χ3v) is 5.32. The third kappa shape index (κ3) is 17.7. The minimum atomic E-state index is -0.945. The Bertz CT molecular complexity index is 944. The summed E-state index contributed by atoms with van der Waals surface area (Å²) in [5.74, 6) is -0.437. The summed E-state index contributed by atoms with van der Waals surface area (Å²) in [6.07, 6.45) is -0.0471. The number of unbranched alkanes of at least 4 members (excludes halogenated alkanes) is 1. The normalized spacial score (nSPS) is 12.1. The molecule has 0 saturated carbocycles. The summed E-state index contributed by atoms with van der Waals surface area (Å²) in [4.78, 5) is 50.9. The van der Waals surface area contributed by atoms with E-state index < -0.39 is 41.4 Å². The Morgan fingerprint density at radius 2 is 1.44 bits per heavy atom. The topological polar surface area (TPSA) is 156 Å². The second-order valence-electron chi connectivity index (χ2n) is 11.5. The van der Waals surface area contributed by atoms with Crippen molar-refractivity contribution in [3.8, 4) is 0 Å². The first-order chi connectivity index (χ1) is 19.2. The Morgan fingerprint density at radius 3 is 2.05 bits per heavy atom.